The first-order valence-electron chi connectivity index (χ1n) is 9.07. The van der Waals surface area contributed by atoms with Gasteiger partial charge >= 0.3 is 24.1 Å². The molecule has 0 aliphatic heterocycles. The molecule has 11 nitrogen and oxygen atoms in total. The molecule has 0 aromatic heterocycles. The summed E-state index contributed by atoms with van der Waals surface area (Å²) in [4.78, 5) is 46.9. The third-order valence-electron chi connectivity index (χ3n) is 3.54. The summed E-state index contributed by atoms with van der Waals surface area (Å²) in [5.74, 6) is -4.62. The van der Waals surface area contributed by atoms with Crippen molar-refractivity contribution in [1.82, 2.24) is 5.32 Å². The van der Waals surface area contributed by atoms with Crippen LogP contribution in [-0.2, 0) is 20.8 Å². The van der Waals surface area contributed by atoms with E-state index in [1.165, 1.54) is 12.1 Å². The van der Waals surface area contributed by atoms with Crippen molar-refractivity contribution in [3.05, 3.63) is 59.7 Å². The van der Waals surface area contributed by atoms with Gasteiger partial charge in [-0.25, -0.2) is 14.6 Å². The van der Waals surface area contributed by atoms with Crippen LogP contribution in [0.4, 0.5) is 18.9 Å². The number of carbonyl (C=O) groups excluding carboxylic acids is 2. The molecule has 182 valence electrons. The van der Waals surface area contributed by atoms with Crippen LogP contribution in [0.1, 0.15) is 15.9 Å². The van der Waals surface area contributed by atoms with Gasteiger partial charge in [0.05, 0.1) is 17.7 Å². The summed E-state index contributed by atoms with van der Waals surface area (Å²) in [6, 6.07) is 12.5. The zero-order valence-electron chi connectivity index (χ0n) is 17.2. The molecule has 0 aliphatic rings. The number of carboxylic acid groups (broad SMARTS) is 2. The van der Waals surface area contributed by atoms with Crippen molar-refractivity contribution in [3.63, 3.8) is 0 Å². The number of aliphatic carboxylic acids is 2. The number of amides is 1. The fourth-order valence-electron chi connectivity index (χ4n) is 2.08. The van der Waals surface area contributed by atoms with Gasteiger partial charge in [-0.05, 0) is 42.0 Å². The molecule has 0 fully saturated rings. The first kappa shape index (κ1) is 27.4. The molecule has 0 heterocycles. The number of guanidine groups is 1. The van der Waals surface area contributed by atoms with E-state index in [0.29, 0.717) is 22.6 Å². The zero-order chi connectivity index (χ0) is 25.9. The van der Waals surface area contributed by atoms with Crippen LogP contribution >= 0.6 is 0 Å². The standard InChI is InChI=1S/C18H18N4O5.C2HF3O2/c19-18(20)22-13-5-3-12(4-6-13)17(26)27-14-7-1-11(2-8-14)9-15(23)21-10-16(24)25;3-2(4,5)1(6)7/h1-8H,9-10H2,(H,21,23)(H,24,25)(H4,19,20,22);(H,6,7). The molecule has 0 saturated carbocycles. The highest BCUT2D eigenvalue weighted by atomic mass is 19.4. The lowest BCUT2D eigenvalue weighted by atomic mass is 10.1. The van der Waals surface area contributed by atoms with Gasteiger partial charge in [0.2, 0.25) is 5.91 Å². The number of rotatable bonds is 7. The number of alkyl halides is 3. The Morgan fingerprint density at radius 3 is 1.91 bits per heavy atom. The minimum Gasteiger partial charge on any atom is -0.480 e. The second kappa shape index (κ2) is 12.4. The molecule has 0 aliphatic carbocycles. The van der Waals surface area contributed by atoms with E-state index in [1.807, 2.05) is 0 Å². The number of halogens is 3. The van der Waals surface area contributed by atoms with Gasteiger partial charge in [0.1, 0.15) is 12.3 Å². The van der Waals surface area contributed by atoms with Gasteiger partial charge < -0.3 is 31.7 Å². The van der Waals surface area contributed by atoms with E-state index in [0.717, 1.165) is 0 Å². The lowest BCUT2D eigenvalue weighted by Crippen LogP contribution is -2.30. The van der Waals surface area contributed by atoms with Crippen LogP contribution in [0.2, 0.25) is 0 Å². The maximum Gasteiger partial charge on any atom is 0.490 e. The van der Waals surface area contributed by atoms with Gasteiger partial charge in [0.15, 0.2) is 5.96 Å². The molecule has 14 heteroatoms. The lowest BCUT2D eigenvalue weighted by molar-refractivity contribution is -0.192. The second-order valence-corrected chi connectivity index (χ2v) is 6.27. The predicted octanol–water partition coefficient (Wildman–Crippen LogP) is 1.19. The first-order valence-corrected chi connectivity index (χ1v) is 9.07. The largest absolute Gasteiger partial charge is 0.490 e. The molecule has 0 unspecified atom stereocenters. The van der Waals surface area contributed by atoms with Crippen LogP contribution in [0.5, 0.6) is 5.75 Å². The summed E-state index contributed by atoms with van der Waals surface area (Å²) in [6.07, 6.45) is -5.06. The number of esters is 1. The Bertz CT molecular complexity index is 1050. The Hall–Kier alpha value is -4.62. The average molecular weight is 484 g/mol. The van der Waals surface area contributed by atoms with Crippen molar-refractivity contribution in [2.75, 3.05) is 6.54 Å². The van der Waals surface area contributed by atoms with E-state index in [9.17, 15) is 27.6 Å². The Kier molecular flexibility index (Phi) is 10.0. The number of carboxylic acids is 2. The van der Waals surface area contributed by atoms with Crippen LogP contribution in [0.15, 0.2) is 53.5 Å². The molecule has 0 spiro atoms. The Morgan fingerprint density at radius 1 is 0.941 bits per heavy atom. The van der Waals surface area contributed by atoms with Gasteiger partial charge in [0, 0.05) is 0 Å². The molecule has 7 N–H and O–H groups in total. The minimum absolute atomic E-state index is 0.0216. The summed E-state index contributed by atoms with van der Waals surface area (Å²) in [5, 5.41) is 17.9. The summed E-state index contributed by atoms with van der Waals surface area (Å²) in [6.45, 7) is -0.434. The highest BCUT2D eigenvalue weighted by molar-refractivity contribution is 5.91. The average Bonchev–Trinajstić information content (AvgIpc) is 2.73. The fourth-order valence-corrected chi connectivity index (χ4v) is 2.08. The van der Waals surface area contributed by atoms with Crippen LogP contribution in [0.25, 0.3) is 0 Å². The van der Waals surface area contributed by atoms with E-state index in [-0.39, 0.29) is 12.4 Å². The van der Waals surface area contributed by atoms with Crippen molar-refractivity contribution in [2.45, 2.75) is 12.6 Å². The van der Waals surface area contributed by atoms with E-state index in [2.05, 4.69) is 10.3 Å². The number of hydrogen-bond acceptors (Lipinski definition) is 6. The first-order chi connectivity index (χ1) is 15.8. The number of aliphatic imine (C=N–C) groups is 1. The Labute approximate surface area is 189 Å². The number of nitrogens with two attached hydrogens (primary N) is 2. The van der Waals surface area contributed by atoms with Crippen LogP contribution in [0, 0.1) is 0 Å². The third-order valence-corrected chi connectivity index (χ3v) is 3.54. The fraction of sp³-hybridized carbons (Fsp3) is 0.150. The normalized spacial score (nSPS) is 10.2. The topological polar surface area (TPSA) is 194 Å². The number of benzene rings is 2. The minimum atomic E-state index is -5.08. The molecule has 2 rings (SSSR count). The van der Waals surface area contributed by atoms with Gasteiger partial charge in [-0.1, -0.05) is 12.1 Å². The summed E-state index contributed by atoms with van der Waals surface area (Å²) in [7, 11) is 0. The maximum absolute atomic E-state index is 12.1. The van der Waals surface area contributed by atoms with Gasteiger partial charge in [-0.3, -0.25) is 9.59 Å². The van der Waals surface area contributed by atoms with Crippen LogP contribution < -0.4 is 21.5 Å². The number of hydrogen-bond donors (Lipinski definition) is 5. The van der Waals surface area contributed by atoms with Crippen molar-refractivity contribution in [3.8, 4) is 5.75 Å². The summed E-state index contributed by atoms with van der Waals surface area (Å²) >= 11 is 0. The monoisotopic (exact) mass is 484 g/mol. The molecule has 2 aromatic carbocycles. The molecule has 34 heavy (non-hydrogen) atoms. The Balaban J connectivity index is 0.000000718. The third kappa shape index (κ3) is 10.6. The number of ether oxygens (including phenoxy) is 1. The maximum atomic E-state index is 12.1. The molecule has 0 saturated heterocycles. The van der Waals surface area contributed by atoms with Gasteiger partial charge in [0.25, 0.3) is 0 Å². The SMILES string of the molecule is NC(N)=Nc1ccc(C(=O)Oc2ccc(CC(=O)NCC(=O)O)cc2)cc1.O=C(O)C(F)(F)F. The zero-order valence-corrected chi connectivity index (χ0v) is 17.2. The highest BCUT2D eigenvalue weighted by Gasteiger charge is 2.38. The second-order valence-electron chi connectivity index (χ2n) is 6.27. The van der Waals surface area contributed by atoms with Crippen molar-refractivity contribution >= 4 is 35.5 Å². The van der Waals surface area contributed by atoms with Crippen LogP contribution in [0.3, 0.4) is 0 Å². The molecule has 0 bridgehead atoms. The molecular formula is C20H19F3N4O7. The molecule has 1 amide bonds. The van der Waals surface area contributed by atoms with Gasteiger partial charge in [-0.15, -0.1) is 0 Å². The lowest BCUT2D eigenvalue weighted by Gasteiger charge is -2.06. The molecular weight excluding hydrogens is 465 g/mol. The highest BCUT2D eigenvalue weighted by Crippen LogP contribution is 2.17. The summed E-state index contributed by atoms with van der Waals surface area (Å²) in [5.41, 5.74) is 12.0. The summed E-state index contributed by atoms with van der Waals surface area (Å²) < 4.78 is 37.0. The van der Waals surface area contributed by atoms with Crippen molar-refractivity contribution in [1.29, 1.82) is 0 Å². The molecule has 2 aromatic rings. The van der Waals surface area contributed by atoms with Crippen LogP contribution in [-0.4, -0.2) is 52.7 Å². The molecule has 0 radical (unpaired) electrons. The number of nitrogens with one attached hydrogen (secondary N) is 1. The number of carbonyl (C=O) groups is 4. The van der Waals surface area contributed by atoms with Crippen molar-refractivity contribution in [2.24, 2.45) is 16.5 Å². The van der Waals surface area contributed by atoms with E-state index >= 15 is 0 Å². The van der Waals surface area contributed by atoms with Crippen molar-refractivity contribution < 1.29 is 47.3 Å². The predicted molar refractivity (Wildman–Crippen MR) is 111 cm³/mol. The smallest absolute Gasteiger partial charge is 0.480 e. The van der Waals surface area contributed by atoms with E-state index in [1.54, 1.807) is 36.4 Å². The van der Waals surface area contributed by atoms with E-state index in [4.69, 9.17) is 31.2 Å². The van der Waals surface area contributed by atoms with Gasteiger partial charge in [-0.2, -0.15) is 13.2 Å². The Morgan fingerprint density at radius 2 is 1.47 bits per heavy atom. The van der Waals surface area contributed by atoms with E-state index < -0.39 is 36.5 Å². The quantitative estimate of drug-likeness (QED) is 0.166. The molecule has 0 atom stereocenters. The number of nitrogens with zero attached hydrogens (tertiary/aromatic N) is 1.